The highest BCUT2D eigenvalue weighted by Crippen LogP contribution is 2.44. The number of aliphatic hydroxyl groups is 1. The van der Waals surface area contributed by atoms with Gasteiger partial charge in [-0.1, -0.05) is 49.4 Å². The van der Waals surface area contributed by atoms with Crippen LogP contribution in [0.25, 0.3) is 5.76 Å². The number of rotatable bonds is 6. The molecule has 0 spiro atoms. The van der Waals surface area contributed by atoms with Crippen molar-refractivity contribution in [1.82, 2.24) is 4.98 Å². The number of carbonyl (C=O) groups is 3. The summed E-state index contributed by atoms with van der Waals surface area (Å²) in [4.78, 5) is 45.5. The van der Waals surface area contributed by atoms with Crippen molar-refractivity contribution in [2.75, 3.05) is 11.5 Å². The van der Waals surface area contributed by atoms with E-state index < -0.39 is 23.7 Å². The number of nitrogens with zero attached hydrogens (tertiary/aromatic N) is 2. The number of amides is 1. The Kier molecular flexibility index (Phi) is 7.03. The lowest BCUT2D eigenvalue weighted by Gasteiger charge is -2.23. The van der Waals surface area contributed by atoms with Crippen LogP contribution in [-0.2, 0) is 20.7 Å². The first-order valence-electron chi connectivity index (χ1n) is 13.0. The van der Waals surface area contributed by atoms with Crippen LogP contribution in [0.4, 0.5) is 5.13 Å². The van der Waals surface area contributed by atoms with E-state index >= 15 is 0 Å². The number of carbonyl (C=O) groups excluding carboxylic acids is 3. The number of aromatic nitrogens is 1. The third kappa shape index (κ3) is 4.71. The molecule has 0 radical (unpaired) electrons. The van der Waals surface area contributed by atoms with Crippen molar-refractivity contribution in [2.45, 2.75) is 59.1 Å². The van der Waals surface area contributed by atoms with E-state index in [1.54, 1.807) is 32.0 Å². The largest absolute Gasteiger partial charge is 0.507 e. The molecular formula is C30H30N2O6S. The van der Waals surface area contributed by atoms with Gasteiger partial charge >= 0.3 is 11.9 Å². The average Bonchev–Trinajstić information content (AvgIpc) is 3.55. The number of hydrogen-bond donors (Lipinski definition) is 1. The van der Waals surface area contributed by atoms with Gasteiger partial charge in [0.2, 0.25) is 0 Å². The van der Waals surface area contributed by atoms with Crippen molar-refractivity contribution in [3.05, 3.63) is 80.9 Å². The molecule has 2 aliphatic heterocycles. The maximum Gasteiger partial charge on any atom is 0.350 e. The molecule has 2 aromatic carbocycles. The molecule has 8 nitrogen and oxygen atoms in total. The molecule has 2 aliphatic rings. The van der Waals surface area contributed by atoms with Gasteiger partial charge in [0.1, 0.15) is 22.5 Å². The zero-order chi connectivity index (χ0) is 28.0. The van der Waals surface area contributed by atoms with Crippen LogP contribution < -0.4 is 9.64 Å². The average molecular weight is 547 g/mol. The number of benzene rings is 2. The highest BCUT2D eigenvalue weighted by molar-refractivity contribution is 7.17. The number of fused-ring (bicyclic) bond motifs is 1. The predicted molar refractivity (Wildman–Crippen MR) is 148 cm³/mol. The van der Waals surface area contributed by atoms with Crippen LogP contribution in [0.3, 0.4) is 0 Å². The number of aryl methyl sites for hydroxylation is 1. The highest BCUT2D eigenvalue weighted by atomic mass is 32.1. The number of hydrogen-bond acceptors (Lipinski definition) is 8. The van der Waals surface area contributed by atoms with Gasteiger partial charge < -0.3 is 14.6 Å². The van der Waals surface area contributed by atoms with E-state index in [1.165, 1.54) is 4.90 Å². The number of aliphatic hydroxyl groups excluding tert-OH is 1. The van der Waals surface area contributed by atoms with Crippen LogP contribution in [-0.4, -0.2) is 40.5 Å². The molecule has 202 valence electrons. The van der Waals surface area contributed by atoms with Crippen molar-refractivity contribution >= 4 is 39.9 Å². The van der Waals surface area contributed by atoms with Gasteiger partial charge in [-0.25, -0.2) is 9.78 Å². The number of thiazole rings is 1. The van der Waals surface area contributed by atoms with Gasteiger partial charge in [-0.05, 0) is 61.6 Å². The van der Waals surface area contributed by atoms with E-state index in [1.807, 2.05) is 31.2 Å². The summed E-state index contributed by atoms with van der Waals surface area (Å²) >= 11 is 0.990. The summed E-state index contributed by atoms with van der Waals surface area (Å²) in [6.07, 6.45) is 0.698. The molecule has 39 heavy (non-hydrogen) atoms. The van der Waals surface area contributed by atoms with Crippen molar-refractivity contribution in [2.24, 2.45) is 0 Å². The smallest absolute Gasteiger partial charge is 0.350 e. The minimum absolute atomic E-state index is 0.0178. The van der Waals surface area contributed by atoms with E-state index in [0.29, 0.717) is 23.2 Å². The lowest BCUT2D eigenvalue weighted by Crippen LogP contribution is -2.29. The second kappa shape index (κ2) is 10.3. The first kappa shape index (κ1) is 26.6. The summed E-state index contributed by atoms with van der Waals surface area (Å²) < 4.78 is 10.9. The Morgan fingerprint density at radius 1 is 1.21 bits per heavy atom. The standard InChI is InChI=1S/C30H30N2O6S/c1-6-37-29(36)27-17(5)31-30(39-27)32-24(19-9-7-18(8-10-19)15(2)3)23(26(34)28(32)35)25(33)20-11-12-22-21(14-20)13-16(4)38-22/h7-12,14-16,24,33H,6,13H2,1-5H3/b25-23+/t16-,24+/m1/s1. The molecule has 5 rings (SSSR count). The molecule has 0 bridgehead atoms. The molecule has 0 unspecified atom stereocenters. The van der Waals surface area contributed by atoms with Crippen LogP contribution >= 0.6 is 11.3 Å². The summed E-state index contributed by atoms with van der Waals surface area (Å²) in [6, 6.07) is 11.9. The summed E-state index contributed by atoms with van der Waals surface area (Å²) in [5.74, 6) is -1.42. The Bertz CT molecular complexity index is 1500. The second-order valence-electron chi connectivity index (χ2n) is 10.1. The fourth-order valence-corrected chi connectivity index (χ4v) is 5.99. The minimum atomic E-state index is -0.935. The van der Waals surface area contributed by atoms with Crippen LogP contribution in [0.15, 0.2) is 48.0 Å². The van der Waals surface area contributed by atoms with E-state index in [-0.39, 0.29) is 40.0 Å². The monoisotopic (exact) mass is 546 g/mol. The molecular weight excluding hydrogens is 516 g/mol. The van der Waals surface area contributed by atoms with Crippen LogP contribution in [0.5, 0.6) is 5.75 Å². The molecule has 1 amide bonds. The van der Waals surface area contributed by atoms with Crippen LogP contribution in [0.1, 0.15) is 77.3 Å². The van der Waals surface area contributed by atoms with Crippen molar-refractivity contribution < 1.29 is 29.0 Å². The summed E-state index contributed by atoms with van der Waals surface area (Å²) in [7, 11) is 0. The Morgan fingerprint density at radius 3 is 2.59 bits per heavy atom. The van der Waals surface area contributed by atoms with Crippen molar-refractivity contribution in [3.8, 4) is 5.75 Å². The fourth-order valence-electron chi connectivity index (χ4n) is 5.00. The Labute approximate surface area is 230 Å². The topological polar surface area (TPSA) is 106 Å². The molecule has 0 aliphatic carbocycles. The number of esters is 1. The van der Waals surface area contributed by atoms with E-state index in [9.17, 15) is 19.5 Å². The molecule has 1 aromatic heterocycles. The van der Waals surface area contributed by atoms with Gasteiger partial charge in [0.15, 0.2) is 5.13 Å². The molecule has 1 saturated heterocycles. The lowest BCUT2D eigenvalue weighted by molar-refractivity contribution is -0.132. The molecule has 1 N–H and O–H groups in total. The Balaban J connectivity index is 1.66. The van der Waals surface area contributed by atoms with E-state index in [2.05, 4.69) is 18.8 Å². The number of ether oxygens (including phenoxy) is 2. The minimum Gasteiger partial charge on any atom is -0.507 e. The number of Topliss-reactive ketones (excluding diaryl/α,β-unsaturated/α-hetero) is 1. The van der Waals surface area contributed by atoms with Crippen LogP contribution in [0.2, 0.25) is 0 Å². The maximum absolute atomic E-state index is 13.5. The summed E-state index contributed by atoms with van der Waals surface area (Å²) in [5.41, 5.74) is 3.46. The van der Waals surface area contributed by atoms with E-state index in [0.717, 1.165) is 28.2 Å². The highest BCUT2D eigenvalue weighted by Gasteiger charge is 2.48. The normalized spacial score (nSPS) is 19.9. The quantitative estimate of drug-likeness (QED) is 0.183. The van der Waals surface area contributed by atoms with Crippen LogP contribution in [0, 0.1) is 6.92 Å². The summed E-state index contributed by atoms with van der Waals surface area (Å²) in [6.45, 7) is 9.68. The number of anilines is 1. The molecule has 0 saturated carbocycles. The Morgan fingerprint density at radius 2 is 1.92 bits per heavy atom. The first-order valence-corrected chi connectivity index (χ1v) is 13.8. The van der Waals surface area contributed by atoms with Gasteiger partial charge in [-0.3, -0.25) is 14.5 Å². The van der Waals surface area contributed by atoms with Crippen molar-refractivity contribution in [3.63, 3.8) is 0 Å². The summed E-state index contributed by atoms with van der Waals surface area (Å²) in [5, 5.41) is 11.7. The SMILES string of the molecule is CCOC(=O)c1sc(N2C(=O)C(=O)/C(=C(/O)c3ccc4c(c3)C[C@@H](C)O4)[C@@H]2c2ccc(C(C)C)cc2)nc1C. The first-order chi connectivity index (χ1) is 18.6. The van der Waals surface area contributed by atoms with Gasteiger partial charge in [0.25, 0.3) is 5.78 Å². The zero-order valence-corrected chi connectivity index (χ0v) is 23.3. The zero-order valence-electron chi connectivity index (χ0n) is 22.5. The van der Waals surface area contributed by atoms with Gasteiger partial charge in [-0.2, -0.15) is 0 Å². The lowest BCUT2D eigenvalue weighted by atomic mass is 9.93. The molecule has 2 atom stereocenters. The fraction of sp³-hybridized carbons (Fsp3) is 0.333. The van der Waals surface area contributed by atoms with E-state index in [4.69, 9.17) is 9.47 Å². The van der Waals surface area contributed by atoms with Gasteiger partial charge in [0.05, 0.1) is 23.9 Å². The Hall–Kier alpha value is -3.98. The molecule has 1 fully saturated rings. The van der Waals surface area contributed by atoms with Gasteiger partial charge in [0, 0.05) is 12.0 Å². The number of ketones is 1. The van der Waals surface area contributed by atoms with Gasteiger partial charge in [-0.15, -0.1) is 0 Å². The third-order valence-electron chi connectivity index (χ3n) is 6.98. The van der Waals surface area contributed by atoms with Crippen molar-refractivity contribution in [1.29, 1.82) is 0 Å². The molecule has 3 aromatic rings. The molecule has 9 heteroatoms. The second-order valence-corrected chi connectivity index (χ2v) is 11.1. The predicted octanol–water partition coefficient (Wildman–Crippen LogP) is 5.70. The third-order valence-corrected chi connectivity index (χ3v) is 8.12. The molecule has 3 heterocycles. The maximum atomic E-state index is 13.5.